The maximum Gasteiger partial charge on any atom is 0.410 e. The zero-order valence-electron chi connectivity index (χ0n) is 27.8. The summed E-state index contributed by atoms with van der Waals surface area (Å²) in [4.78, 5) is 22.2. The summed E-state index contributed by atoms with van der Waals surface area (Å²) in [5.41, 5.74) is 1.34. The number of halogens is 1. The van der Waals surface area contributed by atoms with Crippen molar-refractivity contribution in [1.29, 1.82) is 0 Å². The smallest absolute Gasteiger partial charge is 0.410 e. The Labute approximate surface area is 269 Å². The number of fused-ring (bicyclic) bond motifs is 1. The molecule has 0 spiro atoms. The van der Waals surface area contributed by atoms with Crippen LogP contribution in [0.15, 0.2) is 12.3 Å². The Morgan fingerprint density at radius 1 is 1.00 bits per heavy atom. The number of aromatic nitrogens is 3. The first-order valence-electron chi connectivity index (χ1n) is 15.3. The fraction of sp³-hybridized carbons (Fsp3) is 0.767. The van der Waals surface area contributed by atoms with Gasteiger partial charge in [-0.1, -0.05) is 39.3 Å². The number of piperidine rings is 1. The molecule has 0 saturated carbocycles. The van der Waals surface area contributed by atoms with E-state index in [9.17, 15) is 4.79 Å². The van der Waals surface area contributed by atoms with Gasteiger partial charge in [0.05, 0.1) is 9.77 Å². The van der Waals surface area contributed by atoms with Gasteiger partial charge in [0.2, 0.25) is 0 Å². The first-order valence-corrected chi connectivity index (χ1v) is 23.8. The van der Waals surface area contributed by atoms with Gasteiger partial charge in [-0.15, -0.1) is 0 Å². The fourth-order valence-corrected chi connectivity index (χ4v) is 7.13. The number of amides is 1. The second-order valence-corrected chi connectivity index (χ2v) is 27.7. The highest BCUT2D eigenvalue weighted by molar-refractivity contribution is 14.1. The molecule has 0 N–H and O–H groups in total. The van der Waals surface area contributed by atoms with Crippen LogP contribution in [0, 0.1) is 3.57 Å². The van der Waals surface area contributed by atoms with Crippen LogP contribution in [-0.2, 0) is 14.2 Å². The molecule has 1 aliphatic heterocycles. The van der Waals surface area contributed by atoms with Crippen molar-refractivity contribution in [2.75, 3.05) is 31.6 Å². The van der Waals surface area contributed by atoms with E-state index in [4.69, 9.17) is 24.3 Å². The molecule has 3 rings (SSSR count). The summed E-state index contributed by atoms with van der Waals surface area (Å²) < 4.78 is 21.1. The molecule has 1 amide bonds. The maximum atomic E-state index is 13.0. The fourth-order valence-electron chi connectivity index (χ4n) is 5.15. The van der Waals surface area contributed by atoms with Crippen molar-refractivity contribution in [2.24, 2.45) is 0 Å². The predicted molar refractivity (Wildman–Crippen MR) is 185 cm³/mol. The molecule has 2 aromatic rings. The summed E-state index contributed by atoms with van der Waals surface area (Å²) in [5.74, 6) is 1.12. The normalized spacial score (nSPS) is 20.3. The SMILES string of the molecule is CC1CC(c2cc(N(COCC[Si](C)(C)C)COCC[Si](C)(C)C)n3ncc(I)c3n2)C[C@H](C)N1C(=O)OC(C)(C)C. The highest BCUT2D eigenvalue weighted by Crippen LogP contribution is 2.37. The number of nitrogens with zero attached hydrogens (tertiary/aromatic N) is 5. The van der Waals surface area contributed by atoms with Gasteiger partial charge in [0, 0.05) is 59.1 Å². The lowest BCUT2D eigenvalue weighted by molar-refractivity contribution is -0.00273. The summed E-state index contributed by atoms with van der Waals surface area (Å²) in [5, 5.41) is 4.70. The van der Waals surface area contributed by atoms with E-state index in [2.05, 4.69) is 86.7 Å². The molecule has 2 aromatic heterocycles. The molecule has 2 unspecified atom stereocenters. The van der Waals surface area contributed by atoms with Crippen LogP contribution in [0.25, 0.3) is 5.65 Å². The van der Waals surface area contributed by atoms with E-state index < -0.39 is 21.7 Å². The molecule has 0 aromatic carbocycles. The van der Waals surface area contributed by atoms with E-state index >= 15 is 0 Å². The van der Waals surface area contributed by atoms with Gasteiger partial charge < -0.3 is 24.0 Å². The molecule has 9 nitrogen and oxygen atoms in total. The van der Waals surface area contributed by atoms with Crippen molar-refractivity contribution in [3.05, 3.63) is 21.5 Å². The van der Waals surface area contributed by atoms with E-state index in [0.717, 1.165) is 58.9 Å². The molecule has 3 heterocycles. The molecule has 0 aliphatic carbocycles. The molecule has 12 heteroatoms. The molecule has 3 atom stereocenters. The summed E-state index contributed by atoms with van der Waals surface area (Å²) >= 11 is 2.31. The second-order valence-electron chi connectivity index (χ2n) is 15.3. The van der Waals surface area contributed by atoms with Gasteiger partial charge in [0.1, 0.15) is 24.9 Å². The third kappa shape index (κ3) is 10.4. The van der Waals surface area contributed by atoms with E-state index in [1.54, 1.807) is 0 Å². The van der Waals surface area contributed by atoms with E-state index in [1.165, 1.54) is 0 Å². The van der Waals surface area contributed by atoms with Crippen molar-refractivity contribution in [3.63, 3.8) is 0 Å². The van der Waals surface area contributed by atoms with Crippen LogP contribution in [0.4, 0.5) is 10.6 Å². The zero-order valence-corrected chi connectivity index (χ0v) is 31.9. The maximum absolute atomic E-state index is 13.0. The number of anilines is 1. The first-order chi connectivity index (χ1) is 19.3. The van der Waals surface area contributed by atoms with Crippen molar-refractivity contribution in [3.8, 4) is 0 Å². The number of carbonyl (C=O) groups is 1. The molecule has 42 heavy (non-hydrogen) atoms. The molecule has 1 fully saturated rings. The van der Waals surface area contributed by atoms with Crippen molar-refractivity contribution in [1.82, 2.24) is 19.5 Å². The van der Waals surface area contributed by atoms with Gasteiger partial charge in [-0.25, -0.2) is 9.78 Å². The Kier molecular flexibility index (Phi) is 12.0. The number of hydrogen-bond acceptors (Lipinski definition) is 7. The van der Waals surface area contributed by atoms with Crippen LogP contribution in [0.3, 0.4) is 0 Å². The van der Waals surface area contributed by atoms with Gasteiger partial charge in [-0.3, -0.25) is 0 Å². The first kappa shape index (κ1) is 35.3. The van der Waals surface area contributed by atoms with Gasteiger partial charge in [0.15, 0.2) is 5.65 Å². The molecule has 0 radical (unpaired) electrons. The summed E-state index contributed by atoms with van der Waals surface area (Å²) in [7, 11) is -2.42. The quantitative estimate of drug-likeness (QED) is 0.0961. The Morgan fingerprint density at radius 3 is 2.00 bits per heavy atom. The zero-order chi connectivity index (χ0) is 31.5. The molecular formula is C30H54IN5O4Si2. The Morgan fingerprint density at radius 2 is 1.52 bits per heavy atom. The topological polar surface area (TPSA) is 81.4 Å². The summed E-state index contributed by atoms with van der Waals surface area (Å²) in [6, 6.07) is 4.45. The number of likely N-dealkylation sites (tertiary alicyclic amines) is 1. The third-order valence-electron chi connectivity index (χ3n) is 7.46. The predicted octanol–water partition coefficient (Wildman–Crippen LogP) is 7.66. The van der Waals surface area contributed by atoms with Crippen molar-refractivity contribution >= 4 is 56.3 Å². The van der Waals surface area contributed by atoms with Crippen LogP contribution in [0.1, 0.15) is 59.1 Å². The molecule has 1 saturated heterocycles. The van der Waals surface area contributed by atoms with E-state index in [-0.39, 0.29) is 24.1 Å². The van der Waals surface area contributed by atoms with Gasteiger partial charge in [-0.05, 0) is 82.1 Å². The van der Waals surface area contributed by atoms with Crippen molar-refractivity contribution in [2.45, 2.75) is 122 Å². The molecule has 0 bridgehead atoms. The Balaban J connectivity index is 1.89. The van der Waals surface area contributed by atoms with Gasteiger partial charge in [0.25, 0.3) is 0 Å². The molecule has 238 valence electrons. The van der Waals surface area contributed by atoms with E-state index in [1.807, 2.05) is 36.4 Å². The number of rotatable bonds is 12. The molecular weight excluding hydrogens is 677 g/mol. The highest BCUT2D eigenvalue weighted by Gasteiger charge is 2.38. The highest BCUT2D eigenvalue weighted by atomic mass is 127. The minimum Gasteiger partial charge on any atom is -0.444 e. The number of ether oxygens (including phenoxy) is 3. The lowest BCUT2D eigenvalue weighted by Crippen LogP contribution is -2.51. The van der Waals surface area contributed by atoms with E-state index in [0.29, 0.717) is 13.5 Å². The van der Waals surface area contributed by atoms with Crippen LogP contribution < -0.4 is 4.90 Å². The summed E-state index contributed by atoms with van der Waals surface area (Å²) in [6.07, 6.45) is 3.25. The van der Waals surface area contributed by atoms with Crippen LogP contribution >= 0.6 is 22.6 Å². The number of carbonyl (C=O) groups excluding carboxylic acids is 1. The Hall–Kier alpha value is -1.23. The monoisotopic (exact) mass is 731 g/mol. The van der Waals surface area contributed by atoms with Gasteiger partial charge >= 0.3 is 6.09 Å². The molecule has 1 aliphatic rings. The Bertz CT molecular complexity index is 1160. The second kappa shape index (κ2) is 14.3. The lowest BCUT2D eigenvalue weighted by atomic mass is 9.85. The van der Waals surface area contributed by atoms with Crippen molar-refractivity contribution < 1.29 is 19.0 Å². The van der Waals surface area contributed by atoms with Crippen LogP contribution in [-0.4, -0.2) is 86.1 Å². The third-order valence-corrected chi connectivity index (χ3v) is 11.6. The van der Waals surface area contributed by atoms with Crippen LogP contribution in [0.5, 0.6) is 0 Å². The standard InChI is InChI=1S/C30H54IN5O4Si2/c1-22-16-24(17-23(2)35(22)29(37)40-30(3,4)5)26-18-27(36-28(33-26)25(31)19-32-36)34(20-38-12-14-41(6,7)8)21-39-13-15-42(9,10)11/h18-19,22-24H,12-17,20-21H2,1-11H3/t22-,23?,24?/m0/s1. The average Bonchev–Trinajstić information content (AvgIpc) is 3.20. The average molecular weight is 732 g/mol. The number of hydrogen-bond donors (Lipinski definition) is 0. The minimum atomic E-state index is -1.21. The summed E-state index contributed by atoms with van der Waals surface area (Å²) in [6.45, 7) is 26.5. The van der Waals surface area contributed by atoms with Crippen LogP contribution in [0.2, 0.25) is 51.4 Å². The lowest BCUT2D eigenvalue weighted by Gasteiger charge is -2.42. The largest absolute Gasteiger partial charge is 0.444 e. The minimum absolute atomic E-state index is 0.0324. The van der Waals surface area contributed by atoms with Gasteiger partial charge in [-0.2, -0.15) is 9.61 Å².